The van der Waals surface area contributed by atoms with E-state index in [1.54, 1.807) is 0 Å². The molecule has 78 valence electrons. The van der Waals surface area contributed by atoms with E-state index in [9.17, 15) is 0 Å². The first kappa shape index (κ1) is 11.5. The van der Waals surface area contributed by atoms with Gasteiger partial charge in [0.1, 0.15) is 0 Å². The second kappa shape index (κ2) is 6.86. The van der Waals surface area contributed by atoms with Gasteiger partial charge in [0.25, 0.3) is 0 Å². The summed E-state index contributed by atoms with van der Waals surface area (Å²) in [5, 5.41) is 0.802. The number of hydrogen-bond donors (Lipinski definition) is 0. The lowest BCUT2D eigenvalue weighted by Gasteiger charge is -2.02. The highest BCUT2D eigenvalue weighted by molar-refractivity contribution is 6.30. The molecule has 0 amide bonds. The third kappa shape index (κ3) is 4.64. The SMILES string of the molecule is CCCOCCCc1ccc(Cl)cc1. The molecule has 0 heterocycles. The number of hydrogen-bond acceptors (Lipinski definition) is 1. The van der Waals surface area contributed by atoms with E-state index in [1.807, 2.05) is 12.1 Å². The third-order valence-electron chi connectivity index (χ3n) is 2.02. The standard InChI is InChI=1S/C12H17ClO/c1-2-9-14-10-3-4-11-5-7-12(13)8-6-11/h5-8H,2-4,9-10H2,1H3. The summed E-state index contributed by atoms with van der Waals surface area (Å²) in [7, 11) is 0. The fraction of sp³-hybridized carbons (Fsp3) is 0.500. The molecule has 1 aromatic carbocycles. The Kier molecular flexibility index (Phi) is 5.65. The molecule has 0 unspecified atom stereocenters. The van der Waals surface area contributed by atoms with Gasteiger partial charge in [0.2, 0.25) is 0 Å². The minimum atomic E-state index is 0.802. The second-order valence-electron chi connectivity index (χ2n) is 3.34. The van der Waals surface area contributed by atoms with Crippen LogP contribution in [0.2, 0.25) is 5.02 Å². The van der Waals surface area contributed by atoms with E-state index in [2.05, 4.69) is 19.1 Å². The smallest absolute Gasteiger partial charge is 0.0469 e. The van der Waals surface area contributed by atoms with Gasteiger partial charge >= 0.3 is 0 Å². The highest BCUT2D eigenvalue weighted by atomic mass is 35.5. The minimum absolute atomic E-state index is 0.802. The summed E-state index contributed by atoms with van der Waals surface area (Å²) >= 11 is 5.79. The maximum absolute atomic E-state index is 5.79. The van der Waals surface area contributed by atoms with Gasteiger partial charge in [-0.3, -0.25) is 0 Å². The van der Waals surface area contributed by atoms with E-state index >= 15 is 0 Å². The molecule has 0 atom stereocenters. The van der Waals surface area contributed by atoms with Crippen molar-refractivity contribution in [3.8, 4) is 0 Å². The van der Waals surface area contributed by atoms with Crippen molar-refractivity contribution in [2.45, 2.75) is 26.2 Å². The largest absolute Gasteiger partial charge is 0.381 e. The average molecular weight is 213 g/mol. The maximum Gasteiger partial charge on any atom is 0.0469 e. The zero-order valence-electron chi connectivity index (χ0n) is 8.63. The van der Waals surface area contributed by atoms with Gasteiger partial charge in [-0.1, -0.05) is 30.7 Å². The van der Waals surface area contributed by atoms with Crippen LogP contribution in [0, 0.1) is 0 Å². The molecule has 0 aromatic heterocycles. The number of halogens is 1. The molecule has 0 bridgehead atoms. The van der Waals surface area contributed by atoms with E-state index in [0.29, 0.717) is 0 Å². The molecule has 0 saturated carbocycles. The lowest BCUT2D eigenvalue weighted by Crippen LogP contribution is -1.97. The van der Waals surface area contributed by atoms with Crippen LogP contribution in [0.3, 0.4) is 0 Å². The first-order chi connectivity index (χ1) is 6.83. The number of rotatable bonds is 6. The molecule has 0 radical (unpaired) electrons. The fourth-order valence-corrected chi connectivity index (χ4v) is 1.40. The highest BCUT2D eigenvalue weighted by Crippen LogP contribution is 2.10. The number of aryl methyl sites for hydroxylation is 1. The summed E-state index contributed by atoms with van der Waals surface area (Å²) in [5.74, 6) is 0. The van der Waals surface area contributed by atoms with Gasteiger partial charge < -0.3 is 4.74 Å². The molecule has 1 aromatic rings. The molecule has 0 saturated heterocycles. The van der Waals surface area contributed by atoms with E-state index in [1.165, 1.54) is 5.56 Å². The van der Waals surface area contributed by atoms with Crippen LogP contribution in [0.15, 0.2) is 24.3 Å². The van der Waals surface area contributed by atoms with Crippen LogP contribution in [0.25, 0.3) is 0 Å². The van der Waals surface area contributed by atoms with Gasteiger partial charge in [0, 0.05) is 18.2 Å². The Morgan fingerprint density at radius 3 is 2.50 bits per heavy atom. The van der Waals surface area contributed by atoms with Crippen molar-refractivity contribution in [3.05, 3.63) is 34.9 Å². The summed E-state index contributed by atoms with van der Waals surface area (Å²) in [6.45, 7) is 3.86. The van der Waals surface area contributed by atoms with Crippen molar-refractivity contribution < 1.29 is 4.74 Å². The summed E-state index contributed by atoms with van der Waals surface area (Å²) in [5.41, 5.74) is 1.33. The van der Waals surface area contributed by atoms with Crippen molar-refractivity contribution in [1.29, 1.82) is 0 Å². The lowest BCUT2D eigenvalue weighted by molar-refractivity contribution is 0.132. The van der Waals surface area contributed by atoms with Crippen molar-refractivity contribution in [3.63, 3.8) is 0 Å². The van der Waals surface area contributed by atoms with Gasteiger partial charge in [-0.2, -0.15) is 0 Å². The molecule has 0 fully saturated rings. The zero-order chi connectivity index (χ0) is 10.2. The second-order valence-corrected chi connectivity index (χ2v) is 3.78. The van der Waals surface area contributed by atoms with Crippen molar-refractivity contribution in [2.24, 2.45) is 0 Å². The molecular formula is C12H17ClO. The Labute approximate surface area is 91.0 Å². The Bertz CT molecular complexity index is 243. The molecular weight excluding hydrogens is 196 g/mol. The molecule has 0 aliphatic rings. The molecule has 0 spiro atoms. The van der Waals surface area contributed by atoms with E-state index in [-0.39, 0.29) is 0 Å². The summed E-state index contributed by atoms with van der Waals surface area (Å²) in [6.07, 6.45) is 3.25. The van der Waals surface area contributed by atoms with Gasteiger partial charge in [-0.25, -0.2) is 0 Å². The first-order valence-corrected chi connectivity index (χ1v) is 5.53. The Morgan fingerprint density at radius 1 is 1.14 bits per heavy atom. The van der Waals surface area contributed by atoms with Crippen molar-refractivity contribution in [1.82, 2.24) is 0 Å². The molecule has 0 N–H and O–H groups in total. The molecule has 14 heavy (non-hydrogen) atoms. The molecule has 1 rings (SSSR count). The van der Waals surface area contributed by atoms with E-state index in [0.717, 1.165) is 37.5 Å². The van der Waals surface area contributed by atoms with Gasteiger partial charge in [-0.05, 0) is 37.0 Å². The Hall–Kier alpha value is -0.530. The molecule has 1 nitrogen and oxygen atoms in total. The topological polar surface area (TPSA) is 9.23 Å². The Balaban J connectivity index is 2.15. The molecule has 0 aliphatic carbocycles. The summed E-state index contributed by atoms with van der Waals surface area (Å²) < 4.78 is 5.40. The number of benzene rings is 1. The minimum Gasteiger partial charge on any atom is -0.381 e. The van der Waals surface area contributed by atoms with Gasteiger partial charge in [0.05, 0.1) is 0 Å². The van der Waals surface area contributed by atoms with Crippen molar-refractivity contribution >= 4 is 11.6 Å². The summed E-state index contributed by atoms with van der Waals surface area (Å²) in [4.78, 5) is 0. The predicted molar refractivity (Wildman–Crippen MR) is 60.9 cm³/mol. The van der Waals surface area contributed by atoms with Crippen molar-refractivity contribution in [2.75, 3.05) is 13.2 Å². The van der Waals surface area contributed by atoms with Crippen LogP contribution in [-0.4, -0.2) is 13.2 Å². The van der Waals surface area contributed by atoms with Crippen LogP contribution in [0.5, 0.6) is 0 Å². The van der Waals surface area contributed by atoms with Crippen LogP contribution in [-0.2, 0) is 11.2 Å². The fourth-order valence-electron chi connectivity index (χ4n) is 1.28. The van der Waals surface area contributed by atoms with Gasteiger partial charge in [-0.15, -0.1) is 0 Å². The predicted octanol–water partition coefficient (Wildman–Crippen LogP) is 3.70. The maximum atomic E-state index is 5.79. The van der Waals surface area contributed by atoms with Gasteiger partial charge in [0.15, 0.2) is 0 Å². The van der Waals surface area contributed by atoms with Crippen LogP contribution >= 0.6 is 11.6 Å². The summed E-state index contributed by atoms with van der Waals surface area (Å²) in [6, 6.07) is 8.01. The quantitative estimate of drug-likeness (QED) is 0.654. The lowest BCUT2D eigenvalue weighted by atomic mass is 10.1. The monoisotopic (exact) mass is 212 g/mol. The molecule has 0 aliphatic heterocycles. The normalized spacial score (nSPS) is 10.4. The average Bonchev–Trinajstić information content (AvgIpc) is 2.21. The van der Waals surface area contributed by atoms with E-state index in [4.69, 9.17) is 16.3 Å². The number of ether oxygens (including phenoxy) is 1. The van der Waals surface area contributed by atoms with Crippen LogP contribution in [0.1, 0.15) is 25.3 Å². The zero-order valence-corrected chi connectivity index (χ0v) is 9.39. The Morgan fingerprint density at radius 2 is 1.86 bits per heavy atom. The van der Waals surface area contributed by atoms with Crippen LogP contribution < -0.4 is 0 Å². The highest BCUT2D eigenvalue weighted by Gasteiger charge is 1.93. The third-order valence-corrected chi connectivity index (χ3v) is 2.27. The van der Waals surface area contributed by atoms with E-state index < -0.39 is 0 Å². The molecule has 2 heteroatoms. The van der Waals surface area contributed by atoms with Crippen LogP contribution in [0.4, 0.5) is 0 Å². The first-order valence-electron chi connectivity index (χ1n) is 5.15.